The van der Waals surface area contributed by atoms with E-state index in [1.54, 1.807) is 0 Å². The fourth-order valence-corrected chi connectivity index (χ4v) is 1.90. The smallest absolute Gasteiger partial charge is 0.231 e. The van der Waals surface area contributed by atoms with Gasteiger partial charge < -0.3 is 15.2 Å². The molecule has 2 N–H and O–H groups in total. The summed E-state index contributed by atoms with van der Waals surface area (Å²) in [6.45, 7) is 2.63. The van der Waals surface area contributed by atoms with Crippen molar-refractivity contribution in [2.75, 3.05) is 26.2 Å². The van der Waals surface area contributed by atoms with E-state index < -0.39 is 0 Å². The molecule has 1 amide bonds. The van der Waals surface area contributed by atoms with Crippen molar-refractivity contribution in [2.45, 2.75) is 12.9 Å². The first-order chi connectivity index (χ1) is 8.74. The SMILES string of the molecule is NC(=O)CN1CCOC(OCc2ccccc2)C1. The van der Waals surface area contributed by atoms with E-state index in [0.717, 1.165) is 5.56 Å². The summed E-state index contributed by atoms with van der Waals surface area (Å²) in [7, 11) is 0. The predicted molar refractivity (Wildman–Crippen MR) is 66.6 cm³/mol. The molecule has 5 heteroatoms. The van der Waals surface area contributed by atoms with Gasteiger partial charge >= 0.3 is 0 Å². The Balaban J connectivity index is 1.77. The first-order valence-corrected chi connectivity index (χ1v) is 6.02. The molecule has 0 radical (unpaired) electrons. The second-order valence-corrected chi connectivity index (χ2v) is 4.30. The number of benzene rings is 1. The molecule has 1 unspecified atom stereocenters. The van der Waals surface area contributed by atoms with Gasteiger partial charge in [-0.1, -0.05) is 30.3 Å². The maximum absolute atomic E-state index is 10.9. The van der Waals surface area contributed by atoms with Gasteiger partial charge in [-0.3, -0.25) is 9.69 Å². The quantitative estimate of drug-likeness (QED) is 0.819. The Morgan fingerprint density at radius 2 is 2.22 bits per heavy atom. The molecule has 18 heavy (non-hydrogen) atoms. The summed E-state index contributed by atoms with van der Waals surface area (Å²) in [5, 5.41) is 0. The first-order valence-electron chi connectivity index (χ1n) is 6.02. The minimum absolute atomic E-state index is 0.258. The topological polar surface area (TPSA) is 64.8 Å². The number of carbonyl (C=O) groups excluding carboxylic acids is 1. The fraction of sp³-hybridized carbons (Fsp3) is 0.462. The number of nitrogens with zero attached hydrogens (tertiary/aromatic N) is 1. The maximum atomic E-state index is 10.9. The number of amides is 1. The molecule has 1 aliphatic rings. The van der Waals surface area contributed by atoms with Crippen LogP contribution in [0.5, 0.6) is 0 Å². The molecular weight excluding hydrogens is 232 g/mol. The predicted octanol–water partition coefficient (Wildman–Crippen LogP) is 0.347. The van der Waals surface area contributed by atoms with E-state index in [9.17, 15) is 4.79 Å². The summed E-state index contributed by atoms with van der Waals surface area (Å²) in [5.41, 5.74) is 6.28. The molecule has 1 saturated heterocycles. The van der Waals surface area contributed by atoms with Gasteiger partial charge in [0, 0.05) is 6.54 Å². The average molecular weight is 250 g/mol. The van der Waals surface area contributed by atoms with Crippen molar-refractivity contribution >= 4 is 5.91 Å². The summed E-state index contributed by atoms with van der Waals surface area (Å²) >= 11 is 0. The molecule has 1 aliphatic heterocycles. The average Bonchev–Trinajstić information content (AvgIpc) is 2.37. The largest absolute Gasteiger partial charge is 0.369 e. The lowest BCUT2D eigenvalue weighted by Crippen LogP contribution is -2.46. The summed E-state index contributed by atoms with van der Waals surface area (Å²) < 4.78 is 11.2. The van der Waals surface area contributed by atoms with E-state index in [-0.39, 0.29) is 18.7 Å². The molecular formula is C13H18N2O3. The van der Waals surface area contributed by atoms with E-state index in [2.05, 4.69) is 0 Å². The molecule has 1 aromatic rings. The van der Waals surface area contributed by atoms with Gasteiger partial charge in [-0.15, -0.1) is 0 Å². The number of nitrogens with two attached hydrogens (primary N) is 1. The highest BCUT2D eigenvalue weighted by Crippen LogP contribution is 2.09. The van der Waals surface area contributed by atoms with Crippen molar-refractivity contribution in [3.63, 3.8) is 0 Å². The van der Waals surface area contributed by atoms with Crippen molar-refractivity contribution in [3.8, 4) is 0 Å². The second kappa shape index (κ2) is 6.49. The van der Waals surface area contributed by atoms with Crippen molar-refractivity contribution in [1.29, 1.82) is 0 Å². The zero-order valence-corrected chi connectivity index (χ0v) is 10.2. The molecule has 0 aliphatic carbocycles. The van der Waals surface area contributed by atoms with Gasteiger partial charge in [0.1, 0.15) is 0 Å². The molecule has 1 aromatic carbocycles. The van der Waals surface area contributed by atoms with E-state index in [1.807, 2.05) is 35.2 Å². The van der Waals surface area contributed by atoms with Crippen molar-refractivity contribution < 1.29 is 14.3 Å². The summed E-state index contributed by atoms with van der Waals surface area (Å²) in [5.74, 6) is -0.321. The Kier molecular flexibility index (Phi) is 4.69. The standard InChI is InChI=1S/C13H18N2O3/c14-12(16)8-15-6-7-17-13(9-15)18-10-11-4-2-1-3-5-11/h1-5,13H,6-10H2,(H2,14,16). The van der Waals surface area contributed by atoms with Crippen molar-refractivity contribution in [1.82, 2.24) is 4.90 Å². The number of hydrogen-bond donors (Lipinski definition) is 1. The van der Waals surface area contributed by atoms with Crippen LogP contribution in [0.3, 0.4) is 0 Å². The molecule has 0 saturated carbocycles. The molecule has 0 spiro atoms. The van der Waals surface area contributed by atoms with Crippen LogP contribution < -0.4 is 5.73 Å². The maximum Gasteiger partial charge on any atom is 0.231 e. The van der Waals surface area contributed by atoms with Crippen LogP contribution in [0.4, 0.5) is 0 Å². The zero-order chi connectivity index (χ0) is 12.8. The lowest BCUT2D eigenvalue weighted by atomic mass is 10.2. The molecule has 5 nitrogen and oxygen atoms in total. The third-order valence-electron chi connectivity index (χ3n) is 2.78. The van der Waals surface area contributed by atoms with Gasteiger partial charge in [-0.2, -0.15) is 0 Å². The summed E-state index contributed by atoms with van der Waals surface area (Å²) in [6, 6.07) is 9.92. The van der Waals surface area contributed by atoms with Crippen LogP contribution in [0, 0.1) is 0 Å². The van der Waals surface area contributed by atoms with Gasteiger partial charge in [-0.05, 0) is 5.56 Å². The molecule has 1 atom stereocenters. The summed E-state index contributed by atoms with van der Waals surface area (Å²) in [4.78, 5) is 12.8. The highest BCUT2D eigenvalue weighted by atomic mass is 16.7. The Morgan fingerprint density at radius 3 is 2.94 bits per heavy atom. The number of hydrogen-bond acceptors (Lipinski definition) is 4. The first kappa shape index (κ1) is 13.0. The minimum Gasteiger partial charge on any atom is -0.369 e. The van der Waals surface area contributed by atoms with Gasteiger partial charge in [-0.25, -0.2) is 0 Å². The van der Waals surface area contributed by atoms with Crippen LogP contribution in [-0.4, -0.2) is 43.3 Å². The van der Waals surface area contributed by atoms with Gasteiger partial charge in [0.05, 0.1) is 26.3 Å². The number of rotatable bonds is 5. The van der Waals surface area contributed by atoms with Crippen LogP contribution in [0.1, 0.15) is 5.56 Å². The Hall–Kier alpha value is -1.43. The monoisotopic (exact) mass is 250 g/mol. The Labute approximate surface area is 106 Å². The highest BCUT2D eigenvalue weighted by molar-refractivity contribution is 5.75. The Morgan fingerprint density at radius 1 is 1.44 bits per heavy atom. The Bertz CT molecular complexity index is 383. The molecule has 98 valence electrons. The van der Waals surface area contributed by atoms with E-state index in [1.165, 1.54) is 0 Å². The molecule has 0 aromatic heterocycles. The fourth-order valence-electron chi connectivity index (χ4n) is 1.90. The number of morpholine rings is 1. The van der Waals surface area contributed by atoms with E-state index in [4.69, 9.17) is 15.2 Å². The van der Waals surface area contributed by atoms with Crippen LogP contribution in [0.25, 0.3) is 0 Å². The van der Waals surface area contributed by atoms with Crippen molar-refractivity contribution in [2.24, 2.45) is 5.73 Å². The van der Waals surface area contributed by atoms with Gasteiger partial charge in [0.15, 0.2) is 6.29 Å². The lowest BCUT2D eigenvalue weighted by molar-refractivity contribution is -0.185. The van der Waals surface area contributed by atoms with Gasteiger partial charge in [0.2, 0.25) is 5.91 Å². The van der Waals surface area contributed by atoms with E-state index >= 15 is 0 Å². The van der Waals surface area contributed by atoms with Gasteiger partial charge in [0.25, 0.3) is 0 Å². The van der Waals surface area contributed by atoms with Crippen LogP contribution in [0.2, 0.25) is 0 Å². The number of primary amides is 1. The number of ether oxygens (including phenoxy) is 2. The third kappa shape index (κ3) is 4.10. The zero-order valence-electron chi connectivity index (χ0n) is 10.2. The normalized spacial score (nSPS) is 20.8. The van der Waals surface area contributed by atoms with Crippen LogP contribution >= 0.6 is 0 Å². The molecule has 1 fully saturated rings. The van der Waals surface area contributed by atoms with Crippen molar-refractivity contribution in [3.05, 3.63) is 35.9 Å². The minimum atomic E-state index is -0.321. The number of carbonyl (C=O) groups is 1. The molecule has 0 bridgehead atoms. The second-order valence-electron chi connectivity index (χ2n) is 4.30. The summed E-state index contributed by atoms with van der Waals surface area (Å²) in [6.07, 6.45) is -0.293. The van der Waals surface area contributed by atoms with Crippen LogP contribution in [0.15, 0.2) is 30.3 Å². The van der Waals surface area contributed by atoms with E-state index in [0.29, 0.717) is 26.3 Å². The molecule has 2 rings (SSSR count). The highest BCUT2D eigenvalue weighted by Gasteiger charge is 2.21. The third-order valence-corrected chi connectivity index (χ3v) is 2.78. The van der Waals surface area contributed by atoms with Crippen LogP contribution in [-0.2, 0) is 20.9 Å². The molecule has 1 heterocycles. The lowest BCUT2D eigenvalue weighted by Gasteiger charge is -2.31.